The number of carbonyl (C=O) groups excluding carboxylic acids is 2. The van der Waals surface area contributed by atoms with Crippen LogP contribution in [0.15, 0.2) is 65.1 Å². The van der Waals surface area contributed by atoms with E-state index in [0.717, 1.165) is 22.1 Å². The average molecular weight is 508 g/mol. The zero-order valence-corrected chi connectivity index (χ0v) is 19.7. The maximum absolute atomic E-state index is 13.2. The Hall–Kier alpha value is -4.31. The summed E-state index contributed by atoms with van der Waals surface area (Å²) in [6.07, 6.45) is -2.78. The number of pyridine rings is 1. The molecule has 0 unspecified atom stereocenters. The Morgan fingerprint density at radius 3 is 2.69 bits per heavy atom. The van der Waals surface area contributed by atoms with Crippen LogP contribution in [0.1, 0.15) is 43.7 Å². The van der Waals surface area contributed by atoms with Crippen LogP contribution in [-0.2, 0) is 6.61 Å². The third-order valence-corrected chi connectivity index (χ3v) is 6.67. The molecule has 3 aromatic heterocycles. The van der Waals surface area contributed by atoms with Crippen molar-refractivity contribution in [1.29, 1.82) is 0 Å². The van der Waals surface area contributed by atoms with Crippen LogP contribution in [0.5, 0.6) is 5.75 Å². The number of nitrogens with one attached hydrogen (secondary N) is 1. The minimum absolute atomic E-state index is 0.00596. The summed E-state index contributed by atoms with van der Waals surface area (Å²) in [5, 5.41) is 5.00. The monoisotopic (exact) mass is 507 g/mol. The van der Waals surface area contributed by atoms with Crippen LogP contribution in [0.2, 0.25) is 0 Å². The number of fused-ring (bicyclic) bond motifs is 2. The largest absolute Gasteiger partial charge is 0.485 e. The summed E-state index contributed by atoms with van der Waals surface area (Å²) in [4.78, 5) is 29.1. The number of rotatable bonds is 7. The van der Waals surface area contributed by atoms with Gasteiger partial charge in [-0.15, -0.1) is 11.3 Å². The van der Waals surface area contributed by atoms with Gasteiger partial charge in [0.15, 0.2) is 5.76 Å². The molecule has 36 heavy (non-hydrogen) atoms. The molecule has 0 atom stereocenters. The zero-order valence-electron chi connectivity index (χ0n) is 18.9. The van der Waals surface area contributed by atoms with Gasteiger partial charge in [-0.3, -0.25) is 9.59 Å². The van der Waals surface area contributed by atoms with E-state index in [4.69, 9.17) is 14.9 Å². The van der Waals surface area contributed by atoms with Gasteiger partial charge in [0, 0.05) is 10.8 Å². The summed E-state index contributed by atoms with van der Waals surface area (Å²) < 4.78 is 37.9. The fraction of sp³-hybridized carbons (Fsp3) is 0.115. The van der Waals surface area contributed by atoms with Crippen molar-refractivity contribution in [3.05, 3.63) is 88.3 Å². The van der Waals surface area contributed by atoms with Crippen molar-refractivity contribution in [1.82, 2.24) is 4.98 Å². The van der Waals surface area contributed by atoms with Gasteiger partial charge in [-0.25, -0.2) is 13.8 Å². The van der Waals surface area contributed by atoms with Crippen molar-refractivity contribution in [3.8, 4) is 5.75 Å². The molecule has 2 aromatic carbocycles. The summed E-state index contributed by atoms with van der Waals surface area (Å²) in [6, 6.07) is 17.8. The number of aromatic nitrogens is 1. The Bertz CT molecular complexity index is 1620. The topological polar surface area (TPSA) is 107 Å². The van der Waals surface area contributed by atoms with Gasteiger partial charge in [-0.05, 0) is 42.1 Å². The molecule has 0 saturated heterocycles. The van der Waals surface area contributed by atoms with E-state index in [0.29, 0.717) is 22.5 Å². The molecule has 5 rings (SSSR count). The lowest BCUT2D eigenvalue weighted by atomic mass is 10.1. The van der Waals surface area contributed by atoms with Crippen LogP contribution >= 0.6 is 11.3 Å². The van der Waals surface area contributed by atoms with Crippen LogP contribution in [0, 0.1) is 6.92 Å². The lowest BCUT2D eigenvalue weighted by Gasteiger charge is -2.08. The number of thiophene rings is 1. The molecule has 7 nitrogen and oxygen atoms in total. The van der Waals surface area contributed by atoms with Gasteiger partial charge in [-0.1, -0.05) is 36.4 Å². The van der Waals surface area contributed by atoms with Gasteiger partial charge in [0.1, 0.15) is 33.5 Å². The second kappa shape index (κ2) is 9.38. The van der Waals surface area contributed by atoms with Gasteiger partial charge in [-0.2, -0.15) is 0 Å². The smallest absolute Gasteiger partial charge is 0.291 e. The number of carbonyl (C=O) groups is 2. The molecule has 0 aliphatic rings. The molecule has 182 valence electrons. The van der Waals surface area contributed by atoms with Crippen LogP contribution < -0.4 is 15.8 Å². The summed E-state index contributed by atoms with van der Waals surface area (Å²) in [7, 11) is 0. The van der Waals surface area contributed by atoms with Crippen LogP contribution in [-0.4, -0.2) is 16.8 Å². The maximum atomic E-state index is 13.2. The molecule has 10 heteroatoms. The number of nitrogens with zero attached hydrogens (tertiary/aromatic N) is 1. The molecule has 0 spiro atoms. The van der Waals surface area contributed by atoms with E-state index in [1.807, 2.05) is 42.5 Å². The van der Waals surface area contributed by atoms with Crippen LogP contribution in [0.3, 0.4) is 0 Å². The van der Waals surface area contributed by atoms with E-state index in [1.165, 1.54) is 12.1 Å². The second-order valence-corrected chi connectivity index (χ2v) is 9.00. The molecule has 0 bridgehead atoms. The molecule has 2 amide bonds. The highest BCUT2D eigenvalue weighted by Gasteiger charge is 2.24. The number of amides is 2. The third-order valence-electron chi connectivity index (χ3n) is 5.57. The molecule has 5 aromatic rings. The van der Waals surface area contributed by atoms with Crippen molar-refractivity contribution in [2.24, 2.45) is 5.73 Å². The van der Waals surface area contributed by atoms with Crippen LogP contribution in [0.4, 0.5) is 14.5 Å². The third kappa shape index (κ3) is 4.38. The minimum Gasteiger partial charge on any atom is -0.485 e. The predicted molar refractivity (Wildman–Crippen MR) is 133 cm³/mol. The molecule has 0 fully saturated rings. The predicted octanol–water partition coefficient (Wildman–Crippen LogP) is 6.22. The van der Waals surface area contributed by atoms with Gasteiger partial charge in [0.05, 0.1) is 5.69 Å². The average Bonchev–Trinajstić information content (AvgIpc) is 3.48. The number of alkyl halides is 2. The van der Waals surface area contributed by atoms with E-state index in [1.54, 1.807) is 13.0 Å². The van der Waals surface area contributed by atoms with Gasteiger partial charge >= 0.3 is 0 Å². The van der Waals surface area contributed by atoms with E-state index in [2.05, 4.69) is 10.3 Å². The van der Waals surface area contributed by atoms with Gasteiger partial charge in [0.25, 0.3) is 18.2 Å². The van der Waals surface area contributed by atoms with Gasteiger partial charge in [0.2, 0.25) is 0 Å². The van der Waals surface area contributed by atoms with E-state index < -0.39 is 23.9 Å². The molecule has 0 radical (unpaired) electrons. The zero-order chi connectivity index (χ0) is 25.4. The highest BCUT2D eigenvalue weighted by molar-refractivity contribution is 7.21. The number of benzene rings is 2. The molecule has 3 N–H and O–H groups in total. The van der Waals surface area contributed by atoms with Crippen molar-refractivity contribution < 1.29 is 27.5 Å². The first-order valence-corrected chi connectivity index (χ1v) is 11.7. The Balaban J connectivity index is 1.38. The number of furan rings is 1. The minimum atomic E-state index is -2.78. The highest BCUT2D eigenvalue weighted by atomic mass is 32.1. The second-order valence-electron chi connectivity index (χ2n) is 8.00. The van der Waals surface area contributed by atoms with Crippen molar-refractivity contribution >= 4 is 49.8 Å². The fourth-order valence-electron chi connectivity index (χ4n) is 3.93. The number of hydrogen-bond acceptors (Lipinski definition) is 6. The normalized spacial score (nSPS) is 11.3. The maximum Gasteiger partial charge on any atom is 0.291 e. The SMILES string of the molecule is Cc1cc(C(F)F)nc2sc(C(N)=O)c(NC(=O)c3ccc(COc4cccc5ccccc45)o3)c12. The highest BCUT2D eigenvalue weighted by Crippen LogP contribution is 2.38. The number of anilines is 1. The quantitative estimate of drug-likeness (QED) is 0.272. The molecular formula is C26H19F2N3O4S. The first-order valence-electron chi connectivity index (χ1n) is 10.8. The van der Waals surface area contributed by atoms with Crippen LogP contribution in [0.25, 0.3) is 21.0 Å². The first kappa shape index (κ1) is 23.4. The Labute approximate surface area is 207 Å². The summed E-state index contributed by atoms with van der Waals surface area (Å²) in [6.45, 7) is 1.69. The number of aryl methyl sites for hydroxylation is 1. The molecular weight excluding hydrogens is 488 g/mol. The Morgan fingerprint density at radius 1 is 1.14 bits per heavy atom. The summed E-state index contributed by atoms with van der Waals surface area (Å²) in [5.41, 5.74) is 5.61. The number of primary amides is 1. The lowest BCUT2D eigenvalue weighted by molar-refractivity contribution is 0.0992. The Kier molecular flexibility index (Phi) is 6.11. The number of hydrogen-bond donors (Lipinski definition) is 2. The van der Waals surface area contributed by atoms with Crippen molar-refractivity contribution in [3.63, 3.8) is 0 Å². The van der Waals surface area contributed by atoms with E-state index in [-0.39, 0.29) is 27.8 Å². The lowest BCUT2D eigenvalue weighted by Crippen LogP contribution is -2.16. The molecule has 0 aliphatic heterocycles. The van der Waals surface area contributed by atoms with E-state index >= 15 is 0 Å². The standard InChI is InChI=1S/C26H19F2N3O4S/c1-13-11-17(23(27)28)30-26-20(13)21(22(36-26)24(29)32)31-25(33)19-10-9-15(35-19)12-34-18-8-4-6-14-5-2-3-7-16(14)18/h2-11,23H,12H2,1H3,(H2,29,32)(H,31,33). The first-order chi connectivity index (χ1) is 17.3. The van der Waals surface area contributed by atoms with Crippen molar-refractivity contribution in [2.75, 3.05) is 5.32 Å². The fourth-order valence-corrected chi connectivity index (χ4v) is 5.00. The molecule has 0 aliphatic carbocycles. The van der Waals surface area contributed by atoms with Crippen molar-refractivity contribution in [2.45, 2.75) is 20.0 Å². The molecule has 0 saturated carbocycles. The van der Waals surface area contributed by atoms with E-state index in [9.17, 15) is 18.4 Å². The number of ether oxygens (including phenoxy) is 1. The number of halogens is 2. The summed E-state index contributed by atoms with van der Waals surface area (Å²) >= 11 is 0.842. The van der Waals surface area contributed by atoms with Gasteiger partial charge < -0.3 is 20.2 Å². The Morgan fingerprint density at radius 2 is 1.92 bits per heavy atom. The summed E-state index contributed by atoms with van der Waals surface area (Å²) in [5.74, 6) is -0.368. The molecule has 3 heterocycles. The number of nitrogens with two attached hydrogens (primary N) is 1.